The van der Waals surface area contributed by atoms with Crippen LogP contribution in [0.5, 0.6) is 0 Å². The summed E-state index contributed by atoms with van der Waals surface area (Å²) in [6, 6.07) is -0.312. The average molecular weight is 284 g/mol. The van der Waals surface area contributed by atoms with Crippen LogP contribution in [0, 0.1) is 0 Å². The summed E-state index contributed by atoms with van der Waals surface area (Å²) in [4.78, 5) is 34.6. The standard InChI is InChI=1S/C15H28N2O3/c1-6-11(18)10-16-14(20)9-8-12(13(19)7-2)17-15(3,4)5/h12,17H,6-10H2,1-5H3,(H,16,20). The minimum atomic E-state index is -0.312. The van der Waals surface area contributed by atoms with E-state index in [1.54, 1.807) is 6.92 Å². The van der Waals surface area contributed by atoms with Crippen molar-refractivity contribution in [2.45, 2.75) is 71.9 Å². The summed E-state index contributed by atoms with van der Waals surface area (Å²) in [5.41, 5.74) is -0.176. The predicted molar refractivity (Wildman–Crippen MR) is 79.5 cm³/mol. The van der Waals surface area contributed by atoms with Crippen LogP contribution >= 0.6 is 0 Å². The molecule has 1 amide bonds. The van der Waals surface area contributed by atoms with Crippen LogP contribution in [0.1, 0.15) is 60.3 Å². The fourth-order valence-electron chi connectivity index (χ4n) is 1.77. The summed E-state index contributed by atoms with van der Waals surface area (Å²) in [6.07, 6.45) is 1.57. The van der Waals surface area contributed by atoms with E-state index in [9.17, 15) is 14.4 Å². The molecule has 0 bridgehead atoms. The second-order valence-corrected chi connectivity index (χ2v) is 5.97. The summed E-state index contributed by atoms with van der Waals surface area (Å²) in [6.45, 7) is 9.63. The number of hydrogen-bond donors (Lipinski definition) is 2. The van der Waals surface area contributed by atoms with Gasteiger partial charge in [0, 0.05) is 24.8 Å². The Morgan fingerprint density at radius 2 is 1.65 bits per heavy atom. The second kappa shape index (κ2) is 8.84. The molecule has 1 unspecified atom stereocenters. The number of carbonyl (C=O) groups excluding carboxylic acids is 3. The van der Waals surface area contributed by atoms with Gasteiger partial charge in [-0.15, -0.1) is 0 Å². The predicted octanol–water partition coefficient (Wildman–Crippen LogP) is 1.60. The highest BCUT2D eigenvalue weighted by Crippen LogP contribution is 2.08. The maximum Gasteiger partial charge on any atom is 0.220 e. The van der Waals surface area contributed by atoms with Crippen molar-refractivity contribution in [3.8, 4) is 0 Å². The van der Waals surface area contributed by atoms with Crippen LogP contribution in [0.2, 0.25) is 0 Å². The molecule has 0 heterocycles. The first kappa shape index (κ1) is 18.8. The molecule has 0 aromatic carbocycles. The van der Waals surface area contributed by atoms with Gasteiger partial charge in [-0.05, 0) is 27.2 Å². The Bertz CT molecular complexity index is 346. The Balaban J connectivity index is 4.29. The first-order valence-corrected chi connectivity index (χ1v) is 7.28. The molecular formula is C15H28N2O3. The molecule has 0 fully saturated rings. The fraction of sp³-hybridized carbons (Fsp3) is 0.800. The Hall–Kier alpha value is -1.23. The Labute approximate surface area is 121 Å². The van der Waals surface area contributed by atoms with E-state index >= 15 is 0 Å². The van der Waals surface area contributed by atoms with Crippen molar-refractivity contribution >= 4 is 17.5 Å². The molecule has 2 N–H and O–H groups in total. The molecule has 0 spiro atoms. The molecule has 0 aromatic heterocycles. The number of carbonyl (C=O) groups is 3. The summed E-state index contributed by atoms with van der Waals surface area (Å²) in [5.74, 6) is -0.0684. The zero-order valence-electron chi connectivity index (χ0n) is 13.3. The third-order valence-electron chi connectivity index (χ3n) is 2.88. The minimum absolute atomic E-state index is 0.00681. The SMILES string of the molecule is CCC(=O)CNC(=O)CCC(NC(C)(C)C)C(=O)CC. The smallest absolute Gasteiger partial charge is 0.220 e. The molecule has 5 nitrogen and oxygen atoms in total. The van der Waals surface area contributed by atoms with Crippen molar-refractivity contribution in [2.24, 2.45) is 0 Å². The van der Waals surface area contributed by atoms with Crippen molar-refractivity contribution < 1.29 is 14.4 Å². The Kier molecular flexibility index (Phi) is 8.30. The molecule has 1 atom stereocenters. The largest absolute Gasteiger partial charge is 0.349 e. The number of rotatable bonds is 9. The molecule has 0 aromatic rings. The van der Waals surface area contributed by atoms with Gasteiger partial charge in [-0.1, -0.05) is 13.8 Å². The fourth-order valence-corrected chi connectivity index (χ4v) is 1.77. The molecule has 0 aliphatic carbocycles. The lowest BCUT2D eigenvalue weighted by Gasteiger charge is -2.27. The topological polar surface area (TPSA) is 75.3 Å². The summed E-state index contributed by atoms with van der Waals surface area (Å²) < 4.78 is 0. The Morgan fingerprint density at radius 1 is 1.05 bits per heavy atom. The molecule has 0 rings (SSSR count). The molecule has 5 heteroatoms. The van der Waals surface area contributed by atoms with Crippen LogP contribution < -0.4 is 10.6 Å². The van der Waals surface area contributed by atoms with Crippen LogP contribution in [-0.4, -0.2) is 35.6 Å². The van der Waals surface area contributed by atoms with Gasteiger partial charge in [-0.3, -0.25) is 14.4 Å². The van der Waals surface area contributed by atoms with Gasteiger partial charge >= 0.3 is 0 Å². The van der Waals surface area contributed by atoms with E-state index in [0.717, 1.165) is 0 Å². The summed E-state index contributed by atoms with van der Waals surface area (Å²) >= 11 is 0. The lowest BCUT2D eigenvalue weighted by molar-refractivity contribution is -0.125. The normalized spacial score (nSPS) is 12.8. The van der Waals surface area contributed by atoms with Crippen LogP contribution in [0.15, 0.2) is 0 Å². The first-order valence-electron chi connectivity index (χ1n) is 7.28. The van der Waals surface area contributed by atoms with Crippen molar-refractivity contribution in [2.75, 3.05) is 6.54 Å². The van der Waals surface area contributed by atoms with Gasteiger partial charge in [0.15, 0.2) is 5.78 Å². The first-order chi connectivity index (χ1) is 9.19. The van der Waals surface area contributed by atoms with Gasteiger partial charge in [0.2, 0.25) is 5.91 Å². The minimum Gasteiger partial charge on any atom is -0.349 e. The highest BCUT2D eigenvalue weighted by Gasteiger charge is 2.23. The summed E-state index contributed by atoms with van der Waals surface area (Å²) in [7, 11) is 0. The molecule has 0 saturated carbocycles. The van der Waals surface area contributed by atoms with Gasteiger partial charge < -0.3 is 10.6 Å². The number of ketones is 2. The maximum atomic E-state index is 11.9. The van der Waals surface area contributed by atoms with Crippen LogP contribution in [-0.2, 0) is 14.4 Å². The van der Waals surface area contributed by atoms with E-state index in [1.807, 2.05) is 27.7 Å². The van der Waals surface area contributed by atoms with E-state index in [0.29, 0.717) is 19.3 Å². The van der Waals surface area contributed by atoms with E-state index in [4.69, 9.17) is 0 Å². The molecule has 0 aliphatic heterocycles. The Morgan fingerprint density at radius 3 is 2.10 bits per heavy atom. The molecule has 0 saturated heterocycles. The molecule has 116 valence electrons. The van der Waals surface area contributed by atoms with Gasteiger partial charge in [0.1, 0.15) is 5.78 Å². The zero-order valence-corrected chi connectivity index (χ0v) is 13.3. The molecular weight excluding hydrogens is 256 g/mol. The molecule has 0 aliphatic rings. The zero-order chi connectivity index (χ0) is 15.8. The van der Waals surface area contributed by atoms with E-state index in [1.165, 1.54) is 0 Å². The van der Waals surface area contributed by atoms with E-state index < -0.39 is 0 Å². The molecule has 0 radical (unpaired) electrons. The number of hydrogen-bond acceptors (Lipinski definition) is 4. The van der Waals surface area contributed by atoms with Gasteiger partial charge in [-0.2, -0.15) is 0 Å². The van der Waals surface area contributed by atoms with Gasteiger partial charge in [0.05, 0.1) is 12.6 Å². The maximum absolute atomic E-state index is 11.9. The third kappa shape index (κ3) is 8.80. The monoisotopic (exact) mass is 284 g/mol. The number of Topliss-reactive ketones (excluding diaryl/α,β-unsaturated/α-hetero) is 2. The highest BCUT2D eigenvalue weighted by molar-refractivity contribution is 5.87. The van der Waals surface area contributed by atoms with E-state index in [-0.39, 0.29) is 42.0 Å². The van der Waals surface area contributed by atoms with Crippen LogP contribution in [0.25, 0.3) is 0 Å². The van der Waals surface area contributed by atoms with Gasteiger partial charge in [-0.25, -0.2) is 0 Å². The van der Waals surface area contributed by atoms with Crippen LogP contribution in [0.3, 0.4) is 0 Å². The van der Waals surface area contributed by atoms with Crippen molar-refractivity contribution in [1.82, 2.24) is 10.6 Å². The number of amides is 1. The lowest BCUT2D eigenvalue weighted by Crippen LogP contribution is -2.48. The van der Waals surface area contributed by atoms with Crippen LogP contribution in [0.4, 0.5) is 0 Å². The summed E-state index contributed by atoms with van der Waals surface area (Å²) in [5, 5.41) is 5.82. The highest BCUT2D eigenvalue weighted by atomic mass is 16.2. The van der Waals surface area contributed by atoms with Crippen molar-refractivity contribution in [1.29, 1.82) is 0 Å². The average Bonchev–Trinajstić information content (AvgIpc) is 2.38. The lowest BCUT2D eigenvalue weighted by atomic mass is 9.99. The molecule has 20 heavy (non-hydrogen) atoms. The van der Waals surface area contributed by atoms with Crippen molar-refractivity contribution in [3.05, 3.63) is 0 Å². The third-order valence-corrected chi connectivity index (χ3v) is 2.88. The van der Waals surface area contributed by atoms with Crippen molar-refractivity contribution in [3.63, 3.8) is 0 Å². The number of nitrogens with one attached hydrogen (secondary N) is 2. The van der Waals surface area contributed by atoms with Gasteiger partial charge in [0.25, 0.3) is 0 Å². The second-order valence-electron chi connectivity index (χ2n) is 5.97. The van der Waals surface area contributed by atoms with E-state index in [2.05, 4.69) is 10.6 Å². The quantitative estimate of drug-likeness (QED) is 0.674.